The van der Waals surface area contributed by atoms with Crippen molar-refractivity contribution in [1.82, 2.24) is 14.9 Å². The van der Waals surface area contributed by atoms with Gasteiger partial charge in [0.2, 0.25) is 11.9 Å². The third kappa shape index (κ3) is 4.52. The van der Waals surface area contributed by atoms with Gasteiger partial charge in [-0.2, -0.15) is 4.98 Å². The Morgan fingerprint density at radius 3 is 2.65 bits per heavy atom. The zero-order chi connectivity index (χ0) is 18.5. The lowest BCUT2D eigenvalue weighted by Gasteiger charge is -2.35. The topological polar surface area (TPSA) is 61.4 Å². The fourth-order valence-electron chi connectivity index (χ4n) is 3.16. The molecule has 1 aliphatic rings. The predicted molar refractivity (Wildman–Crippen MR) is 107 cm³/mol. The van der Waals surface area contributed by atoms with Gasteiger partial charge in [-0.1, -0.05) is 0 Å². The van der Waals surface area contributed by atoms with E-state index in [0.29, 0.717) is 6.42 Å². The van der Waals surface area contributed by atoms with Crippen molar-refractivity contribution in [1.29, 1.82) is 0 Å². The Morgan fingerprint density at radius 2 is 2.00 bits per heavy atom. The van der Waals surface area contributed by atoms with E-state index in [0.717, 1.165) is 56.6 Å². The zero-order valence-electron chi connectivity index (χ0n) is 15.8. The first-order chi connectivity index (χ1) is 12.6. The van der Waals surface area contributed by atoms with E-state index in [-0.39, 0.29) is 5.91 Å². The van der Waals surface area contributed by atoms with E-state index in [1.165, 1.54) is 10.4 Å². The summed E-state index contributed by atoms with van der Waals surface area (Å²) in [5, 5.41) is 5.34. The Bertz CT molecular complexity index is 752. The molecule has 0 radical (unpaired) electrons. The van der Waals surface area contributed by atoms with Crippen molar-refractivity contribution in [3.05, 3.63) is 33.6 Å². The Balaban J connectivity index is 1.54. The van der Waals surface area contributed by atoms with Crippen LogP contribution in [-0.2, 0) is 11.2 Å². The lowest BCUT2D eigenvalue weighted by Crippen LogP contribution is -2.49. The highest BCUT2D eigenvalue weighted by Crippen LogP contribution is 2.19. The third-order valence-electron chi connectivity index (χ3n) is 4.65. The largest absolute Gasteiger partial charge is 0.370 e. The van der Waals surface area contributed by atoms with Crippen molar-refractivity contribution < 1.29 is 4.79 Å². The number of amides is 1. The molecule has 0 spiro atoms. The Labute approximate surface area is 159 Å². The number of nitrogens with zero attached hydrogens (tertiary/aromatic N) is 4. The molecule has 1 saturated heterocycles. The molecule has 1 amide bonds. The SMILES string of the molecule is CCNc1cc(C)nc(N2CCN(C(=O)CCc3sccc3C)CC2)n1. The number of aromatic nitrogens is 2. The number of hydrogen-bond acceptors (Lipinski definition) is 6. The molecule has 7 heteroatoms. The zero-order valence-corrected chi connectivity index (χ0v) is 16.6. The average molecular weight is 374 g/mol. The number of rotatable bonds is 6. The van der Waals surface area contributed by atoms with Crippen LogP contribution in [0.15, 0.2) is 17.5 Å². The lowest BCUT2D eigenvalue weighted by atomic mass is 10.2. The predicted octanol–water partition coefficient (Wildman–Crippen LogP) is 2.87. The van der Waals surface area contributed by atoms with Crippen molar-refractivity contribution in [3.63, 3.8) is 0 Å². The first-order valence-electron chi connectivity index (χ1n) is 9.22. The molecule has 0 aliphatic carbocycles. The van der Waals surface area contributed by atoms with Gasteiger partial charge in [-0.3, -0.25) is 4.79 Å². The van der Waals surface area contributed by atoms with Gasteiger partial charge in [0.15, 0.2) is 0 Å². The molecule has 140 valence electrons. The average Bonchev–Trinajstić information content (AvgIpc) is 3.04. The van der Waals surface area contributed by atoms with E-state index in [4.69, 9.17) is 0 Å². The summed E-state index contributed by atoms with van der Waals surface area (Å²) in [5.74, 6) is 1.86. The van der Waals surface area contributed by atoms with Gasteiger partial charge in [0, 0.05) is 55.8 Å². The summed E-state index contributed by atoms with van der Waals surface area (Å²) in [5.41, 5.74) is 2.25. The van der Waals surface area contributed by atoms with Crippen LogP contribution < -0.4 is 10.2 Å². The monoisotopic (exact) mass is 373 g/mol. The van der Waals surface area contributed by atoms with Crippen LogP contribution in [0.5, 0.6) is 0 Å². The van der Waals surface area contributed by atoms with Gasteiger partial charge in [0.1, 0.15) is 5.82 Å². The van der Waals surface area contributed by atoms with Gasteiger partial charge in [0.05, 0.1) is 0 Å². The minimum atomic E-state index is 0.246. The Morgan fingerprint density at radius 1 is 1.23 bits per heavy atom. The van der Waals surface area contributed by atoms with Crippen molar-refractivity contribution in [2.45, 2.75) is 33.6 Å². The van der Waals surface area contributed by atoms with Gasteiger partial charge in [-0.25, -0.2) is 4.98 Å². The van der Waals surface area contributed by atoms with E-state index in [1.807, 2.05) is 17.9 Å². The summed E-state index contributed by atoms with van der Waals surface area (Å²) in [6.45, 7) is 10.0. The smallest absolute Gasteiger partial charge is 0.227 e. The van der Waals surface area contributed by atoms with E-state index in [1.54, 1.807) is 11.3 Å². The Hall–Kier alpha value is -2.15. The number of hydrogen-bond donors (Lipinski definition) is 1. The number of carbonyl (C=O) groups excluding carboxylic acids is 1. The highest BCUT2D eigenvalue weighted by molar-refractivity contribution is 7.10. The number of carbonyl (C=O) groups is 1. The molecule has 3 rings (SSSR count). The summed E-state index contributed by atoms with van der Waals surface area (Å²) in [4.78, 5) is 27.1. The summed E-state index contributed by atoms with van der Waals surface area (Å²) in [7, 11) is 0. The maximum absolute atomic E-state index is 12.5. The maximum atomic E-state index is 12.5. The van der Waals surface area contributed by atoms with Crippen molar-refractivity contribution in [2.75, 3.05) is 42.9 Å². The highest BCUT2D eigenvalue weighted by atomic mass is 32.1. The molecule has 1 aliphatic heterocycles. The fraction of sp³-hybridized carbons (Fsp3) is 0.526. The molecule has 3 heterocycles. The molecular weight excluding hydrogens is 346 g/mol. The molecule has 1 N–H and O–H groups in total. The minimum absolute atomic E-state index is 0.246. The van der Waals surface area contributed by atoms with Crippen LogP contribution in [0.3, 0.4) is 0 Å². The standard InChI is InChI=1S/C19H27N5OS/c1-4-20-17-13-15(3)21-19(22-17)24-10-8-23(9-11-24)18(25)6-5-16-14(2)7-12-26-16/h7,12-13H,4-6,8-11H2,1-3H3,(H,20,21,22). The molecular formula is C19H27N5OS. The molecule has 0 saturated carbocycles. The minimum Gasteiger partial charge on any atom is -0.370 e. The molecule has 1 fully saturated rings. The number of nitrogens with one attached hydrogen (secondary N) is 1. The van der Waals surface area contributed by atoms with E-state index in [9.17, 15) is 4.79 Å². The van der Waals surface area contributed by atoms with Crippen LogP contribution in [0.1, 0.15) is 29.5 Å². The second-order valence-electron chi connectivity index (χ2n) is 6.62. The molecule has 2 aromatic rings. The number of anilines is 2. The van der Waals surface area contributed by atoms with Crippen LogP contribution in [0, 0.1) is 13.8 Å². The van der Waals surface area contributed by atoms with Gasteiger partial charge in [-0.15, -0.1) is 11.3 Å². The van der Waals surface area contributed by atoms with Gasteiger partial charge in [-0.05, 0) is 44.2 Å². The van der Waals surface area contributed by atoms with E-state index < -0.39 is 0 Å². The maximum Gasteiger partial charge on any atom is 0.227 e. The van der Waals surface area contributed by atoms with Gasteiger partial charge < -0.3 is 15.1 Å². The highest BCUT2D eigenvalue weighted by Gasteiger charge is 2.23. The van der Waals surface area contributed by atoms with E-state index >= 15 is 0 Å². The van der Waals surface area contributed by atoms with Crippen molar-refractivity contribution in [2.24, 2.45) is 0 Å². The molecule has 0 atom stereocenters. The van der Waals surface area contributed by atoms with Crippen molar-refractivity contribution in [3.8, 4) is 0 Å². The molecule has 2 aromatic heterocycles. The quantitative estimate of drug-likeness (QED) is 0.844. The van der Waals surface area contributed by atoms with Crippen LogP contribution in [0.25, 0.3) is 0 Å². The second kappa shape index (κ2) is 8.49. The summed E-state index contributed by atoms with van der Waals surface area (Å²) < 4.78 is 0. The third-order valence-corrected chi connectivity index (χ3v) is 5.73. The number of thiophene rings is 1. The van der Waals surface area contributed by atoms with Crippen LogP contribution in [-0.4, -0.2) is 53.5 Å². The first-order valence-corrected chi connectivity index (χ1v) is 10.1. The van der Waals surface area contributed by atoms with Gasteiger partial charge >= 0.3 is 0 Å². The molecule has 6 nitrogen and oxygen atoms in total. The fourth-order valence-corrected chi connectivity index (χ4v) is 4.07. The first kappa shape index (κ1) is 18.6. The lowest BCUT2D eigenvalue weighted by molar-refractivity contribution is -0.131. The normalized spacial score (nSPS) is 14.6. The van der Waals surface area contributed by atoms with Crippen LogP contribution in [0.2, 0.25) is 0 Å². The molecule has 0 unspecified atom stereocenters. The summed E-state index contributed by atoms with van der Waals surface area (Å²) in [6, 6.07) is 4.08. The molecule has 0 aromatic carbocycles. The van der Waals surface area contributed by atoms with Crippen LogP contribution >= 0.6 is 11.3 Å². The second-order valence-corrected chi connectivity index (χ2v) is 7.62. The Kier molecular flexibility index (Phi) is 6.08. The molecule has 0 bridgehead atoms. The van der Waals surface area contributed by atoms with Gasteiger partial charge in [0.25, 0.3) is 0 Å². The van der Waals surface area contributed by atoms with Crippen LogP contribution in [0.4, 0.5) is 11.8 Å². The number of aryl methyl sites for hydroxylation is 3. The number of piperazine rings is 1. The molecule has 26 heavy (non-hydrogen) atoms. The summed E-state index contributed by atoms with van der Waals surface area (Å²) >= 11 is 1.74. The summed E-state index contributed by atoms with van der Waals surface area (Å²) in [6.07, 6.45) is 1.43. The van der Waals surface area contributed by atoms with Crippen molar-refractivity contribution >= 4 is 29.0 Å². The van der Waals surface area contributed by atoms with E-state index in [2.05, 4.69) is 45.5 Å².